The number of hydrogen-bond donors (Lipinski definition) is 1. The van der Waals surface area contributed by atoms with Crippen molar-refractivity contribution >= 4 is 16.7 Å². The molecule has 2 heterocycles. The largest absolute Gasteiger partial charge is 0.383 e. The summed E-state index contributed by atoms with van der Waals surface area (Å²) < 4.78 is 7.26. The van der Waals surface area contributed by atoms with E-state index in [-0.39, 0.29) is 5.91 Å². The maximum atomic E-state index is 12.5. The van der Waals surface area contributed by atoms with Crippen LogP contribution in [0, 0.1) is 6.92 Å². The van der Waals surface area contributed by atoms with E-state index in [0.29, 0.717) is 25.3 Å². The van der Waals surface area contributed by atoms with Crippen molar-refractivity contribution in [1.29, 1.82) is 0 Å². The summed E-state index contributed by atoms with van der Waals surface area (Å²) in [5.74, 6) is 0.782. The van der Waals surface area contributed by atoms with Crippen molar-refractivity contribution in [3.8, 4) is 0 Å². The molecular weight excluding hydrogens is 316 g/mol. The number of carbonyl (C=O) groups is 1. The first kappa shape index (κ1) is 17.1. The maximum Gasteiger partial charge on any atom is 0.270 e. The Morgan fingerprint density at radius 2 is 2.08 bits per heavy atom. The lowest BCUT2D eigenvalue weighted by Crippen LogP contribution is -2.27. The van der Waals surface area contributed by atoms with E-state index < -0.39 is 0 Å². The smallest absolute Gasteiger partial charge is 0.270 e. The lowest BCUT2D eigenvalue weighted by atomic mass is 10.1. The minimum Gasteiger partial charge on any atom is -0.383 e. The molecule has 0 saturated heterocycles. The number of nitrogens with zero attached hydrogens (tertiary/aromatic N) is 3. The molecule has 2 aromatic heterocycles. The quantitative estimate of drug-likeness (QED) is 0.718. The molecular formula is C19H22N4O2. The van der Waals surface area contributed by atoms with Gasteiger partial charge in [-0.25, -0.2) is 4.98 Å². The SMILES string of the molecule is COCCn1c(C)cnc1CCNC(=O)c1nccc2ccccc12. The highest BCUT2D eigenvalue weighted by Crippen LogP contribution is 2.16. The normalized spacial score (nSPS) is 11.0. The minimum atomic E-state index is -0.163. The Balaban J connectivity index is 1.65. The van der Waals surface area contributed by atoms with Gasteiger partial charge in [0.25, 0.3) is 5.91 Å². The molecule has 0 saturated carbocycles. The molecule has 6 nitrogen and oxygen atoms in total. The molecule has 0 aliphatic rings. The Kier molecular flexibility index (Phi) is 5.40. The molecule has 0 aliphatic carbocycles. The lowest BCUT2D eigenvalue weighted by molar-refractivity contribution is 0.0950. The zero-order valence-corrected chi connectivity index (χ0v) is 14.5. The van der Waals surface area contributed by atoms with Crippen LogP contribution in [0.1, 0.15) is 22.0 Å². The molecule has 0 spiro atoms. The number of rotatable bonds is 7. The van der Waals surface area contributed by atoms with Crippen LogP contribution in [0.25, 0.3) is 10.8 Å². The highest BCUT2D eigenvalue weighted by Gasteiger charge is 2.12. The Morgan fingerprint density at radius 1 is 1.24 bits per heavy atom. The van der Waals surface area contributed by atoms with Gasteiger partial charge in [-0.3, -0.25) is 9.78 Å². The van der Waals surface area contributed by atoms with Crippen LogP contribution in [0.2, 0.25) is 0 Å². The van der Waals surface area contributed by atoms with Crippen LogP contribution in [0.3, 0.4) is 0 Å². The first-order valence-corrected chi connectivity index (χ1v) is 8.32. The minimum absolute atomic E-state index is 0.163. The Labute approximate surface area is 146 Å². The number of ether oxygens (including phenoxy) is 1. The van der Waals surface area contributed by atoms with Crippen LogP contribution in [0.4, 0.5) is 0 Å². The molecule has 3 rings (SSSR count). The molecule has 0 aliphatic heterocycles. The third kappa shape index (κ3) is 3.85. The van der Waals surface area contributed by atoms with Crippen molar-refractivity contribution in [3.05, 3.63) is 59.9 Å². The molecule has 0 bridgehead atoms. The van der Waals surface area contributed by atoms with E-state index in [2.05, 4.69) is 19.9 Å². The number of fused-ring (bicyclic) bond motifs is 1. The summed E-state index contributed by atoms with van der Waals surface area (Å²) in [4.78, 5) is 21.2. The third-order valence-corrected chi connectivity index (χ3v) is 4.18. The summed E-state index contributed by atoms with van der Waals surface area (Å²) in [5.41, 5.74) is 1.55. The fraction of sp³-hybridized carbons (Fsp3) is 0.316. The van der Waals surface area contributed by atoms with E-state index >= 15 is 0 Å². The van der Waals surface area contributed by atoms with Crippen molar-refractivity contribution in [2.75, 3.05) is 20.3 Å². The van der Waals surface area contributed by atoms with E-state index in [1.165, 1.54) is 0 Å². The first-order valence-electron chi connectivity index (χ1n) is 8.32. The highest BCUT2D eigenvalue weighted by atomic mass is 16.5. The van der Waals surface area contributed by atoms with Gasteiger partial charge in [-0.1, -0.05) is 24.3 Å². The van der Waals surface area contributed by atoms with Gasteiger partial charge in [-0.2, -0.15) is 0 Å². The molecule has 6 heteroatoms. The van der Waals surface area contributed by atoms with E-state index in [0.717, 1.165) is 28.8 Å². The Morgan fingerprint density at radius 3 is 2.92 bits per heavy atom. The van der Waals surface area contributed by atoms with Gasteiger partial charge in [0.15, 0.2) is 0 Å². The first-order chi connectivity index (χ1) is 12.2. The molecule has 1 amide bonds. The number of imidazole rings is 1. The topological polar surface area (TPSA) is 69.0 Å². The van der Waals surface area contributed by atoms with Crippen LogP contribution in [0.5, 0.6) is 0 Å². The molecule has 3 aromatic rings. The van der Waals surface area contributed by atoms with E-state index in [4.69, 9.17) is 4.74 Å². The van der Waals surface area contributed by atoms with Gasteiger partial charge in [0, 0.05) is 50.1 Å². The van der Waals surface area contributed by atoms with Crippen LogP contribution in [0.15, 0.2) is 42.7 Å². The number of aryl methyl sites for hydroxylation is 1. The lowest BCUT2D eigenvalue weighted by Gasteiger charge is -2.10. The van der Waals surface area contributed by atoms with Gasteiger partial charge >= 0.3 is 0 Å². The van der Waals surface area contributed by atoms with Crippen LogP contribution in [-0.4, -0.2) is 40.7 Å². The average Bonchev–Trinajstić information content (AvgIpc) is 2.99. The van der Waals surface area contributed by atoms with Crippen molar-refractivity contribution in [2.24, 2.45) is 0 Å². The summed E-state index contributed by atoms with van der Waals surface area (Å²) in [5, 5.41) is 4.81. The second-order valence-corrected chi connectivity index (χ2v) is 5.85. The van der Waals surface area contributed by atoms with Crippen LogP contribution >= 0.6 is 0 Å². The molecule has 0 radical (unpaired) electrons. The monoisotopic (exact) mass is 338 g/mol. The van der Waals surface area contributed by atoms with Gasteiger partial charge in [-0.15, -0.1) is 0 Å². The van der Waals surface area contributed by atoms with Gasteiger partial charge in [0.1, 0.15) is 11.5 Å². The summed E-state index contributed by atoms with van der Waals surface area (Å²) in [6, 6.07) is 9.66. The van der Waals surface area contributed by atoms with Gasteiger partial charge in [0.2, 0.25) is 0 Å². The standard InChI is InChI=1S/C19H22N4O2/c1-14-13-22-17(23(14)11-12-25-2)8-10-21-19(24)18-16-6-4-3-5-15(16)7-9-20-18/h3-7,9,13H,8,10-12H2,1-2H3,(H,21,24). The zero-order valence-electron chi connectivity index (χ0n) is 14.5. The predicted molar refractivity (Wildman–Crippen MR) is 96.6 cm³/mol. The number of nitrogens with one attached hydrogen (secondary N) is 1. The van der Waals surface area contributed by atoms with E-state index in [1.807, 2.05) is 43.5 Å². The van der Waals surface area contributed by atoms with Crippen molar-refractivity contribution in [1.82, 2.24) is 19.9 Å². The third-order valence-electron chi connectivity index (χ3n) is 4.18. The zero-order chi connectivity index (χ0) is 17.6. The van der Waals surface area contributed by atoms with Crippen LogP contribution in [-0.2, 0) is 17.7 Å². The van der Waals surface area contributed by atoms with E-state index in [9.17, 15) is 4.79 Å². The number of methoxy groups -OCH3 is 1. The summed E-state index contributed by atoms with van der Waals surface area (Å²) >= 11 is 0. The number of amides is 1. The molecule has 1 aromatic carbocycles. The Bertz CT molecular complexity index is 867. The number of aromatic nitrogens is 3. The van der Waals surface area contributed by atoms with Crippen molar-refractivity contribution in [2.45, 2.75) is 19.9 Å². The number of benzene rings is 1. The second kappa shape index (κ2) is 7.90. The molecule has 25 heavy (non-hydrogen) atoms. The van der Waals surface area contributed by atoms with Gasteiger partial charge < -0.3 is 14.6 Å². The summed E-state index contributed by atoms with van der Waals surface area (Å²) in [6.07, 6.45) is 4.17. The van der Waals surface area contributed by atoms with Gasteiger partial charge in [-0.05, 0) is 18.4 Å². The number of pyridine rings is 1. The number of hydrogen-bond acceptors (Lipinski definition) is 4. The van der Waals surface area contributed by atoms with Crippen LogP contribution < -0.4 is 5.32 Å². The Hall–Kier alpha value is -2.73. The fourth-order valence-corrected chi connectivity index (χ4v) is 2.87. The fourth-order valence-electron chi connectivity index (χ4n) is 2.87. The second-order valence-electron chi connectivity index (χ2n) is 5.85. The molecule has 1 N–H and O–H groups in total. The molecule has 0 atom stereocenters. The summed E-state index contributed by atoms with van der Waals surface area (Å²) in [6.45, 7) is 3.92. The van der Waals surface area contributed by atoms with Crippen molar-refractivity contribution in [3.63, 3.8) is 0 Å². The predicted octanol–water partition coefficient (Wildman–Crippen LogP) is 2.36. The van der Waals surface area contributed by atoms with E-state index in [1.54, 1.807) is 13.3 Å². The highest BCUT2D eigenvalue weighted by molar-refractivity contribution is 6.05. The maximum absolute atomic E-state index is 12.5. The average molecular weight is 338 g/mol. The summed E-state index contributed by atoms with van der Waals surface area (Å²) in [7, 11) is 1.68. The number of carbonyl (C=O) groups excluding carboxylic acids is 1. The molecule has 0 fully saturated rings. The molecule has 130 valence electrons. The molecule has 0 unspecified atom stereocenters. The van der Waals surface area contributed by atoms with Gasteiger partial charge in [0.05, 0.1) is 6.61 Å². The van der Waals surface area contributed by atoms with Crippen molar-refractivity contribution < 1.29 is 9.53 Å².